The average molecular weight is 439 g/mol. The van der Waals surface area contributed by atoms with Crippen LogP contribution in [0.5, 0.6) is 5.75 Å². The Kier molecular flexibility index (Phi) is 6.65. The van der Waals surface area contributed by atoms with E-state index in [0.29, 0.717) is 22.6 Å². The molecule has 0 spiro atoms. The van der Waals surface area contributed by atoms with Gasteiger partial charge in [0.1, 0.15) is 5.75 Å². The summed E-state index contributed by atoms with van der Waals surface area (Å²) >= 11 is 0. The van der Waals surface area contributed by atoms with Crippen LogP contribution in [0.3, 0.4) is 0 Å². The lowest BCUT2D eigenvalue weighted by Gasteiger charge is -2.18. The van der Waals surface area contributed by atoms with Crippen LogP contribution in [-0.2, 0) is 10.0 Å². The molecule has 3 aromatic rings. The second kappa shape index (κ2) is 9.22. The van der Waals surface area contributed by atoms with Crippen molar-refractivity contribution in [1.82, 2.24) is 5.32 Å². The molecule has 0 radical (unpaired) electrons. The van der Waals surface area contributed by atoms with Crippen LogP contribution in [0.1, 0.15) is 40.0 Å². The lowest BCUT2D eigenvalue weighted by Crippen LogP contribution is -2.27. The van der Waals surface area contributed by atoms with Crippen LogP contribution in [0, 0.1) is 13.8 Å². The van der Waals surface area contributed by atoms with Crippen LogP contribution in [0.25, 0.3) is 0 Å². The molecule has 0 aliphatic heterocycles. The van der Waals surface area contributed by atoms with E-state index in [4.69, 9.17) is 4.74 Å². The van der Waals surface area contributed by atoms with Gasteiger partial charge < -0.3 is 10.1 Å². The summed E-state index contributed by atoms with van der Waals surface area (Å²) in [7, 11) is -2.12. The fourth-order valence-electron chi connectivity index (χ4n) is 3.22. The third-order valence-electron chi connectivity index (χ3n) is 5.02. The molecule has 0 bridgehead atoms. The smallest absolute Gasteiger partial charge is 0.261 e. The van der Waals surface area contributed by atoms with Gasteiger partial charge in [-0.1, -0.05) is 35.9 Å². The Balaban J connectivity index is 1.75. The molecule has 3 aromatic carbocycles. The Morgan fingerprint density at radius 3 is 2.29 bits per heavy atom. The molecule has 2 N–H and O–H groups in total. The Bertz CT molecular complexity index is 1190. The van der Waals surface area contributed by atoms with Gasteiger partial charge in [-0.25, -0.2) is 8.42 Å². The van der Waals surface area contributed by atoms with E-state index in [2.05, 4.69) is 10.0 Å². The summed E-state index contributed by atoms with van der Waals surface area (Å²) in [6.07, 6.45) is 0. The van der Waals surface area contributed by atoms with Gasteiger partial charge in [0.15, 0.2) is 0 Å². The van der Waals surface area contributed by atoms with Gasteiger partial charge in [0.25, 0.3) is 15.9 Å². The number of hydrogen-bond acceptors (Lipinski definition) is 4. The SMILES string of the molecule is COc1ccccc1C(C)NC(=O)c1ccc(NS(=O)(=O)c2ccc(C)cc2)c(C)c1. The Labute approximate surface area is 183 Å². The molecule has 1 atom stereocenters. The number of ether oxygens (including phenoxy) is 1. The molecule has 0 aliphatic rings. The Morgan fingerprint density at radius 2 is 1.65 bits per heavy atom. The second-order valence-corrected chi connectivity index (χ2v) is 9.07. The number of sulfonamides is 1. The van der Waals surface area contributed by atoms with Crippen LogP contribution in [0.15, 0.2) is 71.6 Å². The van der Waals surface area contributed by atoms with Crippen molar-refractivity contribution in [2.24, 2.45) is 0 Å². The zero-order valence-electron chi connectivity index (χ0n) is 18.0. The number of carbonyl (C=O) groups excluding carboxylic acids is 1. The summed E-state index contributed by atoms with van der Waals surface area (Å²) in [6, 6.07) is 18.7. The first-order valence-electron chi connectivity index (χ1n) is 9.85. The van der Waals surface area contributed by atoms with E-state index >= 15 is 0 Å². The van der Waals surface area contributed by atoms with Crippen molar-refractivity contribution < 1.29 is 17.9 Å². The minimum Gasteiger partial charge on any atom is -0.496 e. The van der Waals surface area contributed by atoms with Gasteiger partial charge in [-0.2, -0.15) is 0 Å². The zero-order valence-corrected chi connectivity index (χ0v) is 18.8. The third kappa shape index (κ3) is 5.24. The highest BCUT2D eigenvalue weighted by Crippen LogP contribution is 2.25. The molecule has 7 heteroatoms. The molecular weight excluding hydrogens is 412 g/mol. The van der Waals surface area contributed by atoms with Gasteiger partial charge in [-0.15, -0.1) is 0 Å². The number of para-hydroxylation sites is 1. The lowest BCUT2D eigenvalue weighted by molar-refractivity contribution is 0.0939. The molecule has 0 aliphatic carbocycles. The number of benzene rings is 3. The maximum atomic E-state index is 12.7. The molecular formula is C24H26N2O4S. The van der Waals surface area contributed by atoms with E-state index in [9.17, 15) is 13.2 Å². The number of methoxy groups -OCH3 is 1. The van der Waals surface area contributed by atoms with E-state index in [0.717, 1.165) is 11.1 Å². The van der Waals surface area contributed by atoms with Crippen LogP contribution in [-0.4, -0.2) is 21.4 Å². The van der Waals surface area contributed by atoms with Crippen molar-refractivity contribution >= 4 is 21.6 Å². The first-order chi connectivity index (χ1) is 14.7. The summed E-state index contributed by atoms with van der Waals surface area (Å²) in [5, 5.41) is 2.96. The zero-order chi connectivity index (χ0) is 22.6. The summed E-state index contributed by atoms with van der Waals surface area (Å²) < 4.78 is 33.2. The van der Waals surface area contributed by atoms with Crippen LogP contribution in [0.2, 0.25) is 0 Å². The van der Waals surface area contributed by atoms with Crippen molar-refractivity contribution in [3.05, 3.63) is 89.0 Å². The van der Waals surface area contributed by atoms with E-state index in [1.807, 2.05) is 38.1 Å². The monoisotopic (exact) mass is 438 g/mol. The highest BCUT2D eigenvalue weighted by Gasteiger charge is 2.18. The van der Waals surface area contributed by atoms with Crippen molar-refractivity contribution in [3.63, 3.8) is 0 Å². The van der Waals surface area contributed by atoms with Gasteiger partial charge in [0.2, 0.25) is 0 Å². The number of rotatable bonds is 7. The van der Waals surface area contributed by atoms with Crippen molar-refractivity contribution in [2.75, 3.05) is 11.8 Å². The van der Waals surface area contributed by atoms with E-state index in [-0.39, 0.29) is 16.8 Å². The lowest BCUT2D eigenvalue weighted by atomic mass is 10.1. The second-order valence-electron chi connectivity index (χ2n) is 7.39. The van der Waals surface area contributed by atoms with Crippen LogP contribution >= 0.6 is 0 Å². The molecule has 0 saturated heterocycles. The van der Waals surface area contributed by atoms with Gasteiger partial charge in [-0.3, -0.25) is 9.52 Å². The fraction of sp³-hybridized carbons (Fsp3) is 0.208. The predicted octanol–water partition coefficient (Wildman–Crippen LogP) is 4.60. The summed E-state index contributed by atoms with van der Waals surface area (Å²) in [4.78, 5) is 12.9. The van der Waals surface area contributed by atoms with E-state index < -0.39 is 10.0 Å². The molecule has 31 heavy (non-hydrogen) atoms. The minimum atomic E-state index is -3.71. The van der Waals surface area contributed by atoms with Gasteiger partial charge >= 0.3 is 0 Å². The Hall–Kier alpha value is -3.32. The molecule has 0 aromatic heterocycles. The predicted molar refractivity (Wildman–Crippen MR) is 122 cm³/mol. The standard InChI is InChI=1S/C24H26N2O4S/c1-16-9-12-20(13-10-16)31(28,29)26-22-14-11-19(15-17(22)2)24(27)25-18(3)21-7-5-6-8-23(21)30-4/h5-15,18,26H,1-4H3,(H,25,27). The number of amides is 1. The fourth-order valence-corrected chi connectivity index (χ4v) is 4.35. The maximum Gasteiger partial charge on any atom is 0.261 e. The molecule has 6 nitrogen and oxygen atoms in total. The molecule has 1 unspecified atom stereocenters. The normalized spacial score (nSPS) is 12.1. The van der Waals surface area contributed by atoms with Crippen LogP contribution < -0.4 is 14.8 Å². The highest BCUT2D eigenvalue weighted by atomic mass is 32.2. The van der Waals surface area contributed by atoms with Crippen molar-refractivity contribution in [2.45, 2.75) is 31.7 Å². The average Bonchev–Trinajstić information content (AvgIpc) is 2.75. The maximum absolute atomic E-state index is 12.7. The number of nitrogens with one attached hydrogen (secondary N) is 2. The Morgan fingerprint density at radius 1 is 0.968 bits per heavy atom. The van der Waals surface area contributed by atoms with Gasteiger partial charge in [-0.05, 0) is 62.7 Å². The number of aryl methyl sites for hydroxylation is 2. The summed E-state index contributed by atoms with van der Waals surface area (Å²) in [5.74, 6) is 0.446. The topological polar surface area (TPSA) is 84.5 Å². The summed E-state index contributed by atoms with van der Waals surface area (Å²) in [5.41, 5.74) is 3.37. The first-order valence-corrected chi connectivity index (χ1v) is 11.3. The highest BCUT2D eigenvalue weighted by molar-refractivity contribution is 7.92. The minimum absolute atomic E-state index is 0.185. The van der Waals surface area contributed by atoms with E-state index in [1.165, 1.54) is 0 Å². The van der Waals surface area contributed by atoms with Crippen molar-refractivity contribution in [3.8, 4) is 5.75 Å². The van der Waals surface area contributed by atoms with Crippen LogP contribution in [0.4, 0.5) is 5.69 Å². The van der Waals surface area contributed by atoms with E-state index in [1.54, 1.807) is 56.5 Å². The molecule has 1 amide bonds. The van der Waals surface area contributed by atoms with Gasteiger partial charge in [0.05, 0.1) is 23.7 Å². The third-order valence-corrected chi connectivity index (χ3v) is 6.40. The largest absolute Gasteiger partial charge is 0.496 e. The molecule has 3 rings (SSSR count). The molecule has 0 heterocycles. The first kappa shape index (κ1) is 22.4. The molecule has 0 saturated carbocycles. The number of carbonyl (C=O) groups is 1. The van der Waals surface area contributed by atoms with Gasteiger partial charge in [0, 0.05) is 11.1 Å². The molecule has 162 valence electrons. The number of anilines is 1. The summed E-state index contributed by atoms with van der Waals surface area (Å²) in [6.45, 7) is 5.53. The quantitative estimate of drug-likeness (QED) is 0.564. The number of hydrogen-bond donors (Lipinski definition) is 2. The van der Waals surface area contributed by atoms with Crippen molar-refractivity contribution in [1.29, 1.82) is 0 Å². The molecule has 0 fully saturated rings.